The third-order valence-electron chi connectivity index (χ3n) is 2.76. The van der Waals surface area contributed by atoms with Crippen LogP contribution >= 0.6 is 0 Å². The lowest BCUT2D eigenvalue weighted by Gasteiger charge is -2.35. The number of nitrogens with zero attached hydrogens (tertiary/aromatic N) is 1. The van der Waals surface area contributed by atoms with Gasteiger partial charge in [0.1, 0.15) is 0 Å². The van der Waals surface area contributed by atoms with Crippen LogP contribution in [-0.4, -0.2) is 29.9 Å². The fourth-order valence-electron chi connectivity index (χ4n) is 1.77. The van der Waals surface area contributed by atoms with Gasteiger partial charge in [0.15, 0.2) is 0 Å². The molecule has 0 aliphatic carbocycles. The Labute approximate surface area is 73.9 Å². The molecule has 0 aromatic rings. The van der Waals surface area contributed by atoms with Crippen molar-refractivity contribution in [2.75, 3.05) is 13.1 Å². The molecule has 0 aromatic heterocycles. The van der Waals surface area contributed by atoms with Crippen molar-refractivity contribution in [1.82, 2.24) is 4.90 Å². The molecule has 1 saturated heterocycles. The van der Waals surface area contributed by atoms with Gasteiger partial charge in [-0.1, -0.05) is 13.3 Å². The first-order chi connectivity index (χ1) is 5.65. The van der Waals surface area contributed by atoms with Gasteiger partial charge in [-0.25, -0.2) is 0 Å². The standard InChI is InChI=1S/C9H18N2O/c1-3-8-6-11(7(2)12)5-4-9(8)10/h8-9H,3-6,10H2,1-2H3/t8-,9+/m1/s1. The number of likely N-dealkylation sites (tertiary alicyclic amines) is 1. The van der Waals surface area contributed by atoms with Crippen LogP contribution in [0, 0.1) is 5.92 Å². The first-order valence-corrected chi connectivity index (χ1v) is 4.66. The van der Waals surface area contributed by atoms with Crippen molar-refractivity contribution in [3.8, 4) is 0 Å². The van der Waals surface area contributed by atoms with E-state index in [9.17, 15) is 4.79 Å². The van der Waals surface area contributed by atoms with Gasteiger partial charge in [0, 0.05) is 26.1 Å². The molecule has 70 valence electrons. The van der Waals surface area contributed by atoms with Crippen molar-refractivity contribution < 1.29 is 4.79 Å². The highest BCUT2D eigenvalue weighted by molar-refractivity contribution is 5.73. The highest BCUT2D eigenvalue weighted by Gasteiger charge is 2.26. The van der Waals surface area contributed by atoms with Gasteiger partial charge >= 0.3 is 0 Å². The smallest absolute Gasteiger partial charge is 0.219 e. The van der Waals surface area contributed by atoms with Crippen LogP contribution in [0.5, 0.6) is 0 Å². The third-order valence-corrected chi connectivity index (χ3v) is 2.76. The predicted octanol–water partition coefficient (Wildman–Crippen LogP) is 0.592. The Morgan fingerprint density at radius 1 is 1.67 bits per heavy atom. The molecule has 0 aromatic carbocycles. The van der Waals surface area contributed by atoms with Gasteiger partial charge in [-0.2, -0.15) is 0 Å². The molecule has 1 fully saturated rings. The van der Waals surface area contributed by atoms with E-state index in [0.717, 1.165) is 25.9 Å². The second-order valence-corrected chi connectivity index (χ2v) is 3.59. The first kappa shape index (κ1) is 9.52. The summed E-state index contributed by atoms with van der Waals surface area (Å²) < 4.78 is 0. The van der Waals surface area contributed by atoms with Gasteiger partial charge in [0.25, 0.3) is 0 Å². The van der Waals surface area contributed by atoms with Crippen LogP contribution in [-0.2, 0) is 4.79 Å². The quantitative estimate of drug-likeness (QED) is 0.626. The van der Waals surface area contributed by atoms with E-state index >= 15 is 0 Å². The Hall–Kier alpha value is -0.570. The lowest BCUT2D eigenvalue weighted by Crippen LogP contribution is -2.48. The number of carbonyl (C=O) groups excluding carboxylic acids is 1. The number of piperidine rings is 1. The average Bonchev–Trinajstić information content (AvgIpc) is 2.05. The molecule has 12 heavy (non-hydrogen) atoms. The zero-order valence-corrected chi connectivity index (χ0v) is 7.92. The van der Waals surface area contributed by atoms with E-state index in [1.54, 1.807) is 6.92 Å². The first-order valence-electron chi connectivity index (χ1n) is 4.66. The zero-order chi connectivity index (χ0) is 9.14. The van der Waals surface area contributed by atoms with E-state index in [1.165, 1.54) is 0 Å². The van der Waals surface area contributed by atoms with E-state index in [1.807, 2.05) is 4.90 Å². The monoisotopic (exact) mass is 170 g/mol. The molecular formula is C9H18N2O. The molecule has 2 atom stereocenters. The predicted molar refractivity (Wildman–Crippen MR) is 48.6 cm³/mol. The van der Waals surface area contributed by atoms with Gasteiger partial charge in [-0.05, 0) is 12.3 Å². The number of hydrogen-bond donors (Lipinski definition) is 1. The van der Waals surface area contributed by atoms with Gasteiger partial charge in [0.2, 0.25) is 5.91 Å². The van der Waals surface area contributed by atoms with Crippen LogP contribution in [0.15, 0.2) is 0 Å². The van der Waals surface area contributed by atoms with E-state index < -0.39 is 0 Å². The maximum Gasteiger partial charge on any atom is 0.219 e. The molecule has 1 aliphatic rings. The molecule has 3 nitrogen and oxygen atoms in total. The molecule has 0 spiro atoms. The molecule has 1 amide bonds. The van der Waals surface area contributed by atoms with Gasteiger partial charge in [0.05, 0.1) is 0 Å². The maximum absolute atomic E-state index is 11.1. The lowest BCUT2D eigenvalue weighted by molar-refractivity contribution is -0.130. The fourth-order valence-corrected chi connectivity index (χ4v) is 1.77. The molecule has 0 radical (unpaired) electrons. The number of amides is 1. The summed E-state index contributed by atoms with van der Waals surface area (Å²) >= 11 is 0. The van der Waals surface area contributed by atoms with E-state index in [2.05, 4.69) is 6.92 Å². The minimum Gasteiger partial charge on any atom is -0.343 e. The highest BCUT2D eigenvalue weighted by Crippen LogP contribution is 2.18. The summed E-state index contributed by atoms with van der Waals surface area (Å²) in [5.74, 6) is 0.683. The maximum atomic E-state index is 11.1. The largest absolute Gasteiger partial charge is 0.343 e. The number of hydrogen-bond acceptors (Lipinski definition) is 2. The Morgan fingerprint density at radius 3 is 2.83 bits per heavy atom. The van der Waals surface area contributed by atoms with Gasteiger partial charge < -0.3 is 10.6 Å². The minimum absolute atomic E-state index is 0.181. The second-order valence-electron chi connectivity index (χ2n) is 3.59. The average molecular weight is 170 g/mol. The van der Waals surface area contributed by atoms with Crippen LogP contribution in [0.2, 0.25) is 0 Å². The summed E-state index contributed by atoms with van der Waals surface area (Å²) in [6.07, 6.45) is 2.03. The lowest BCUT2D eigenvalue weighted by atomic mass is 9.91. The van der Waals surface area contributed by atoms with Crippen molar-refractivity contribution >= 4 is 5.91 Å². The van der Waals surface area contributed by atoms with Crippen molar-refractivity contribution in [1.29, 1.82) is 0 Å². The Kier molecular flexibility index (Phi) is 3.09. The SMILES string of the molecule is CC[C@@H]1CN(C(C)=O)CC[C@@H]1N. The minimum atomic E-state index is 0.181. The van der Waals surface area contributed by atoms with Crippen LogP contribution in [0.1, 0.15) is 26.7 Å². The van der Waals surface area contributed by atoms with Gasteiger partial charge in [-0.15, -0.1) is 0 Å². The summed E-state index contributed by atoms with van der Waals surface area (Å²) in [4.78, 5) is 13.0. The molecule has 0 saturated carbocycles. The van der Waals surface area contributed by atoms with E-state index in [4.69, 9.17) is 5.73 Å². The Balaban J connectivity index is 2.49. The van der Waals surface area contributed by atoms with Crippen LogP contribution in [0.3, 0.4) is 0 Å². The molecule has 0 bridgehead atoms. The number of nitrogens with two attached hydrogens (primary N) is 1. The second kappa shape index (κ2) is 3.90. The molecule has 3 heteroatoms. The summed E-state index contributed by atoms with van der Waals surface area (Å²) in [6, 6.07) is 0.297. The highest BCUT2D eigenvalue weighted by atomic mass is 16.2. The molecule has 2 N–H and O–H groups in total. The van der Waals surface area contributed by atoms with Gasteiger partial charge in [-0.3, -0.25) is 4.79 Å². The number of carbonyl (C=O) groups is 1. The Bertz CT molecular complexity index is 170. The molecule has 1 aliphatic heterocycles. The van der Waals surface area contributed by atoms with Crippen molar-refractivity contribution in [2.24, 2.45) is 11.7 Å². The Morgan fingerprint density at radius 2 is 2.33 bits per heavy atom. The van der Waals surface area contributed by atoms with Crippen LogP contribution in [0.4, 0.5) is 0 Å². The summed E-state index contributed by atoms with van der Waals surface area (Å²) in [7, 11) is 0. The third kappa shape index (κ3) is 1.97. The van der Waals surface area contributed by atoms with Crippen molar-refractivity contribution in [3.63, 3.8) is 0 Å². The van der Waals surface area contributed by atoms with E-state index in [0.29, 0.717) is 12.0 Å². The normalized spacial score (nSPS) is 30.4. The van der Waals surface area contributed by atoms with Crippen molar-refractivity contribution in [3.05, 3.63) is 0 Å². The van der Waals surface area contributed by atoms with E-state index in [-0.39, 0.29) is 5.91 Å². The summed E-state index contributed by atoms with van der Waals surface area (Å²) in [5.41, 5.74) is 5.91. The van der Waals surface area contributed by atoms with Crippen molar-refractivity contribution in [2.45, 2.75) is 32.7 Å². The van der Waals surface area contributed by atoms with Crippen LogP contribution in [0.25, 0.3) is 0 Å². The topological polar surface area (TPSA) is 46.3 Å². The molecular weight excluding hydrogens is 152 g/mol. The molecule has 1 rings (SSSR count). The zero-order valence-electron chi connectivity index (χ0n) is 7.92. The fraction of sp³-hybridized carbons (Fsp3) is 0.889. The molecule has 1 heterocycles. The number of rotatable bonds is 1. The molecule has 0 unspecified atom stereocenters. The summed E-state index contributed by atoms with van der Waals surface area (Å²) in [6.45, 7) is 5.46. The van der Waals surface area contributed by atoms with Crippen LogP contribution < -0.4 is 5.73 Å². The summed E-state index contributed by atoms with van der Waals surface area (Å²) in [5, 5.41) is 0.